The van der Waals surface area contributed by atoms with Crippen LogP contribution in [0.2, 0.25) is 0 Å². The second-order valence-corrected chi connectivity index (χ2v) is 6.75. The summed E-state index contributed by atoms with van der Waals surface area (Å²) in [6, 6.07) is 8.31. The number of benzene rings is 1. The van der Waals surface area contributed by atoms with Gasteiger partial charge in [-0.1, -0.05) is 12.1 Å². The molecule has 0 radical (unpaired) electrons. The average Bonchev–Trinajstić information content (AvgIpc) is 2.84. The van der Waals surface area contributed by atoms with E-state index in [0.717, 1.165) is 27.9 Å². The summed E-state index contributed by atoms with van der Waals surface area (Å²) in [6.45, 7) is 1.12. The molecule has 3 rings (SSSR count). The minimum atomic E-state index is -0.535. The molecule has 2 nitrogen and oxygen atoms in total. The Morgan fingerprint density at radius 3 is 2.95 bits per heavy atom. The number of anilines is 1. The summed E-state index contributed by atoms with van der Waals surface area (Å²) in [6.07, 6.45) is 1.75. The van der Waals surface area contributed by atoms with Gasteiger partial charge in [-0.2, -0.15) is 0 Å². The highest BCUT2D eigenvalue weighted by molar-refractivity contribution is 9.10. The maximum Gasteiger partial charge on any atom is 0.114 e. The van der Waals surface area contributed by atoms with Crippen molar-refractivity contribution in [2.24, 2.45) is 0 Å². The fraction of sp³-hybridized carbons (Fsp3) is 0.333. The smallest absolute Gasteiger partial charge is 0.114 e. The molecule has 1 unspecified atom stereocenters. The highest BCUT2D eigenvalue weighted by Crippen LogP contribution is 2.35. The third-order valence-electron chi connectivity index (χ3n) is 3.66. The van der Waals surface area contributed by atoms with Crippen molar-refractivity contribution in [2.75, 3.05) is 18.5 Å². The number of nitrogens with zero attached hydrogens (tertiary/aromatic N) is 1. The molecular weight excluding hydrogens is 322 g/mol. The van der Waals surface area contributed by atoms with Crippen molar-refractivity contribution in [3.8, 4) is 0 Å². The zero-order chi connectivity index (χ0) is 13.4. The average molecular weight is 338 g/mol. The summed E-state index contributed by atoms with van der Waals surface area (Å²) in [4.78, 5) is 3.26. The molecule has 1 aliphatic heterocycles. The van der Waals surface area contributed by atoms with Crippen LogP contribution in [-0.4, -0.2) is 18.7 Å². The lowest BCUT2D eigenvalue weighted by Gasteiger charge is -2.28. The summed E-state index contributed by atoms with van der Waals surface area (Å²) < 4.78 is 0.986. The Balaban J connectivity index is 1.96. The van der Waals surface area contributed by atoms with Crippen LogP contribution in [0, 0.1) is 0 Å². The van der Waals surface area contributed by atoms with Gasteiger partial charge in [-0.05, 0) is 57.4 Å². The lowest BCUT2D eigenvalue weighted by molar-refractivity contribution is 0.223. The normalized spacial score (nSPS) is 16.3. The Kier molecular flexibility index (Phi) is 3.65. The van der Waals surface area contributed by atoms with Crippen LogP contribution < -0.4 is 4.90 Å². The van der Waals surface area contributed by atoms with E-state index in [-0.39, 0.29) is 0 Å². The van der Waals surface area contributed by atoms with Gasteiger partial charge >= 0.3 is 0 Å². The first-order valence-electron chi connectivity index (χ1n) is 6.42. The zero-order valence-corrected chi connectivity index (χ0v) is 13.2. The van der Waals surface area contributed by atoms with Crippen molar-refractivity contribution in [2.45, 2.75) is 18.9 Å². The number of hydrogen-bond donors (Lipinski definition) is 1. The molecule has 19 heavy (non-hydrogen) atoms. The molecule has 0 aliphatic carbocycles. The van der Waals surface area contributed by atoms with Crippen LogP contribution in [0.3, 0.4) is 0 Å². The Morgan fingerprint density at radius 1 is 1.37 bits per heavy atom. The number of aryl methyl sites for hydroxylation is 1. The molecule has 1 aromatic carbocycles. The fourth-order valence-corrected chi connectivity index (χ4v) is 4.23. The molecule has 0 bridgehead atoms. The number of halogens is 1. The second-order valence-electron chi connectivity index (χ2n) is 4.95. The first-order valence-corrected chi connectivity index (χ1v) is 8.09. The molecule has 0 spiro atoms. The molecule has 1 aliphatic rings. The Labute approximate surface area is 125 Å². The maximum absolute atomic E-state index is 10.5. The van der Waals surface area contributed by atoms with E-state index in [0.29, 0.717) is 0 Å². The zero-order valence-electron chi connectivity index (χ0n) is 10.8. The molecule has 2 aromatic rings. The molecule has 0 saturated carbocycles. The van der Waals surface area contributed by atoms with E-state index >= 15 is 0 Å². The second kappa shape index (κ2) is 5.27. The van der Waals surface area contributed by atoms with Gasteiger partial charge in [0.1, 0.15) is 6.10 Å². The minimum Gasteiger partial charge on any atom is -0.383 e. The van der Waals surface area contributed by atoms with Gasteiger partial charge in [0, 0.05) is 23.8 Å². The van der Waals surface area contributed by atoms with Crippen LogP contribution in [0.15, 0.2) is 34.1 Å². The number of rotatable bonds is 2. The van der Waals surface area contributed by atoms with Crippen molar-refractivity contribution in [1.82, 2.24) is 0 Å². The van der Waals surface area contributed by atoms with Crippen molar-refractivity contribution < 1.29 is 5.11 Å². The van der Waals surface area contributed by atoms with Crippen molar-refractivity contribution in [1.29, 1.82) is 0 Å². The Bertz CT molecular complexity index is 596. The van der Waals surface area contributed by atoms with Gasteiger partial charge in [-0.3, -0.25) is 0 Å². The molecule has 100 valence electrons. The monoisotopic (exact) mass is 337 g/mol. The predicted molar refractivity (Wildman–Crippen MR) is 84.1 cm³/mol. The third-order valence-corrected chi connectivity index (χ3v) is 5.59. The van der Waals surface area contributed by atoms with E-state index in [1.165, 1.54) is 17.7 Å². The molecule has 1 atom stereocenters. The lowest BCUT2D eigenvalue weighted by Crippen LogP contribution is -2.24. The molecule has 1 N–H and O–H groups in total. The first-order chi connectivity index (χ1) is 9.16. The fourth-order valence-electron chi connectivity index (χ4n) is 2.63. The maximum atomic E-state index is 10.5. The van der Waals surface area contributed by atoms with Gasteiger partial charge in [-0.25, -0.2) is 0 Å². The number of aliphatic hydroxyl groups is 1. The van der Waals surface area contributed by atoms with Gasteiger partial charge in [0.05, 0.1) is 4.88 Å². The van der Waals surface area contributed by atoms with Gasteiger partial charge < -0.3 is 10.0 Å². The van der Waals surface area contributed by atoms with E-state index < -0.39 is 6.10 Å². The molecule has 1 aromatic heterocycles. The molecular formula is C15H16BrNOS. The summed E-state index contributed by atoms with van der Waals surface area (Å²) in [5.41, 5.74) is 3.63. The number of fused-ring (bicyclic) bond motifs is 1. The highest BCUT2D eigenvalue weighted by Gasteiger charge is 2.19. The Hall–Kier alpha value is -0.840. The van der Waals surface area contributed by atoms with Gasteiger partial charge in [0.15, 0.2) is 0 Å². The van der Waals surface area contributed by atoms with Crippen LogP contribution in [0.4, 0.5) is 5.69 Å². The van der Waals surface area contributed by atoms with Crippen LogP contribution in [0.5, 0.6) is 0 Å². The van der Waals surface area contributed by atoms with Crippen LogP contribution in [-0.2, 0) is 6.42 Å². The third kappa shape index (κ3) is 2.45. The molecule has 0 fully saturated rings. The number of aliphatic hydroxyl groups excluding tert-OH is 1. The first kappa shape index (κ1) is 13.2. The van der Waals surface area contributed by atoms with E-state index in [1.807, 2.05) is 17.5 Å². The lowest BCUT2D eigenvalue weighted by atomic mass is 9.97. The minimum absolute atomic E-state index is 0.535. The largest absolute Gasteiger partial charge is 0.383 e. The van der Waals surface area contributed by atoms with Gasteiger partial charge in [0.2, 0.25) is 0 Å². The van der Waals surface area contributed by atoms with E-state index in [1.54, 1.807) is 11.3 Å². The van der Waals surface area contributed by atoms with Crippen molar-refractivity contribution in [3.05, 3.63) is 50.1 Å². The van der Waals surface area contributed by atoms with Crippen molar-refractivity contribution in [3.63, 3.8) is 0 Å². The highest BCUT2D eigenvalue weighted by atomic mass is 79.9. The summed E-state index contributed by atoms with van der Waals surface area (Å²) >= 11 is 5.07. The van der Waals surface area contributed by atoms with Gasteiger partial charge in [0.25, 0.3) is 0 Å². The quantitative estimate of drug-likeness (QED) is 0.896. The van der Waals surface area contributed by atoms with E-state index in [2.05, 4.69) is 40.0 Å². The topological polar surface area (TPSA) is 23.5 Å². The van der Waals surface area contributed by atoms with E-state index in [9.17, 15) is 5.11 Å². The molecule has 0 amide bonds. The van der Waals surface area contributed by atoms with E-state index in [4.69, 9.17) is 0 Å². The van der Waals surface area contributed by atoms with Crippen molar-refractivity contribution >= 4 is 33.0 Å². The summed E-state index contributed by atoms with van der Waals surface area (Å²) in [5.74, 6) is 0. The van der Waals surface area contributed by atoms with Crippen LogP contribution in [0.25, 0.3) is 0 Å². The SMILES string of the molecule is CN1CCCc2cc(C(O)c3sccc3Br)ccc21. The number of thiophene rings is 1. The molecule has 0 saturated heterocycles. The standard InChI is InChI=1S/C15H16BrNOS/c1-17-7-2-3-10-9-11(4-5-13(10)17)14(18)15-12(16)6-8-19-15/h4-6,8-9,14,18H,2-3,7H2,1H3. The number of hydrogen-bond acceptors (Lipinski definition) is 3. The van der Waals surface area contributed by atoms with Crippen LogP contribution >= 0.6 is 27.3 Å². The Morgan fingerprint density at radius 2 is 2.21 bits per heavy atom. The van der Waals surface area contributed by atoms with Gasteiger partial charge in [-0.15, -0.1) is 11.3 Å². The molecule has 4 heteroatoms. The van der Waals surface area contributed by atoms with Crippen LogP contribution in [0.1, 0.15) is 28.5 Å². The molecule has 2 heterocycles. The summed E-state index contributed by atoms with van der Waals surface area (Å²) in [5, 5.41) is 12.5. The summed E-state index contributed by atoms with van der Waals surface area (Å²) in [7, 11) is 2.13. The predicted octanol–water partition coefficient (Wildman–Crippen LogP) is 3.97.